The molecule has 1 aromatic rings. The topological polar surface area (TPSA) is 37.4 Å². The van der Waals surface area contributed by atoms with Crippen molar-refractivity contribution in [2.75, 3.05) is 13.1 Å². The molecule has 0 saturated carbocycles. The third-order valence-corrected chi connectivity index (χ3v) is 5.73. The van der Waals surface area contributed by atoms with Crippen molar-refractivity contribution in [3.05, 3.63) is 29.8 Å². The van der Waals surface area contributed by atoms with Gasteiger partial charge in [0.05, 0.1) is 4.90 Å². The van der Waals surface area contributed by atoms with E-state index in [9.17, 15) is 21.6 Å². The number of aryl methyl sites for hydroxylation is 1. The molecule has 1 aliphatic rings. The molecule has 2 unspecified atom stereocenters. The highest BCUT2D eigenvalue weighted by atomic mass is 32.2. The van der Waals surface area contributed by atoms with Gasteiger partial charge >= 0.3 is 6.18 Å². The first-order chi connectivity index (χ1) is 9.59. The molecule has 0 N–H and O–H groups in total. The van der Waals surface area contributed by atoms with Gasteiger partial charge in [-0.3, -0.25) is 0 Å². The third-order valence-electron chi connectivity index (χ3n) is 3.89. The van der Waals surface area contributed by atoms with E-state index in [-0.39, 0.29) is 23.9 Å². The van der Waals surface area contributed by atoms with Crippen molar-refractivity contribution in [2.45, 2.75) is 31.3 Å². The van der Waals surface area contributed by atoms with E-state index in [2.05, 4.69) is 0 Å². The highest BCUT2D eigenvalue weighted by molar-refractivity contribution is 7.89. The molecule has 0 aliphatic carbocycles. The van der Waals surface area contributed by atoms with Crippen LogP contribution in [0.4, 0.5) is 13.2 Å². The summed E-state index contributed by atoms with van der Waals surface area (Å²) in [6.45, 7) is 3.57. The molecule has 2 rings (SSSR count). The zero-order valence-electron chi connectivity index (χ0n) is 11.9. The monoisotopic (exact) mass is 321 g/mol. The Balaban J connectivity index is 2.17. The molecule has 118 valence electrons. The molecule has 7 heteroatoms. The van der Waals surface area contributed by atoms with E-state index >= 15 is 0 Å². The van der Waals surface area contributed by atoms with Gasteiger partial charge in [0.1, 0.15) is 0 Å². The molecule has 1 fully saturated rings. The summed E-state index contributed by atoms with van der Waals surface area (Å²) in [4.78, 5) is 0.132. The first-order valence-corrected chi connectivity index (χ1v) is 8.17. The molecule has 1 heterocycles. The van der Waals surface area contributed by atoms with E-state index in [0.29, 0.717) is 0 Å². The van der Waals surface area contributed by atoms with Crippen LogP contribution in [-0.2, 0) is 10.0 Å². The van der Waals surface area contributed by atoms with Crippen molar-refractivity contribution in [3.8, 4) is 0 Å². The van der Waals surface area contributed by atoms with Gasteiger partial charge in [0.15, 0.2) is 0 Å². The fourth-order valence-electron chi connectivity index (χ4n) is 2.60. The van der Waals surface area contributed by atoms with E-state index in [1.165, 1.54) is 16.4 Å². The molecular formula is C14H18F3NO2S. The van der Waals surface area contributed by atoms with Gasteiger partial charge in [-0.15, -0.1) is 0 Å². The van der Waals surface area contributed by atoms with E-state index in [4.69, 9.17) is 0 Å². The molecule has 0 bridgehead atoms. The summed E-state index contributed by atoms with van der Waals surface area (Å²) in [5.41, 5.74) is 0.929. The maximum atomic E-state index is 12.5. The first-order valence-electron chi connectivity index (χ1n) is 6.73. The van der Waals surface area contributed by atoms with Crippen LogP contribution in [0.5, 0.6) is 0 Å². The zero-order valence-corrected chi connectivity index (χ0v) is 12.7. The number of halogens is 3. The van der Waals surface area contributed by atoms with Crippen molar-refractivity contribution < 1.29 is 21.6 Å². The lowest BCUT2D eigenvalue weighted by atomic mass is 9.95. The number of rotatable bonds is 3. The average Bonchev–Trinajstić information content (AvgIpc) is 2.70. The number of hydrogen-bond donors (Lipinski definition) is 0. The van der Waals surface area contributed by atoms with Gasteiger partial charge in [-0.2, -0.15) is 17.5 Å². The van der Waals surface area contributed by atoms with Crippen LogP contribution in [0.3, 0.4) is 0 Å². The van der Waals surface area contributed by atoms with Gasteiger partial charge in [0.2, 0.25) is 10.0 Å². The lowest BCUT2D eigenvalue weighted by Gasteiger charge is -2.17. The summed E-state index contributed by atoms with van der Waals surface area (Å²) in [5.74, 6) is -0.975. The summed E-state index contributed by atoms with van der Waals surface area (Å²) < 4.78 is 63.6. The lowest BCUT2D eigenvalue weighted by Crippen LogP contribution is -2.29. The highest BCUT2D eigenvalue weighted by Crippen LogP contribution is 2.35. The number of nitrogens with zero attached hydrogens (tertiary/aromatic N) is 1. The fraction of sp³-hybridized carbons (Fsp3) is 0.571. The Kier molecular flexibility index (Phi) is 4.35. The van der Waals surface area contributed by atoms with Crippen LogP contribution >= 0.6 is 0 Å². The molecule has 1 aliphatic heterocycles. The zero-order chi connectivity index (χ0) is 15.8. The van der Waals surface area contributed by atoms with Crippen LogP contribution in [-0.4, -0.2) is 32.0 Å². The van der Waals surface area contributed by atoms with Crippen molar-refractivity contribution in [2.24, 2.45) is 11.8 Å². The predicted octanol–water partition coefficient (Wildman–Crippen LogP) is 3.20. The number of alkyl halides is 3. The Morgan fingerprint density at radius 1 is 1.19 bits per heavy atom. The summed E-state index contributed by atoms with van der Waals surface area (Å²) in [6.07, 6.45) is -5.20. The molecule has 1 aromatic carbocycles. The smallest absolute Gasteiger partial charge is 0.207 e. The molecule has 3 nitrogen and oxygen atoms in total. The molecule has 1 saturated heterocycles. The Morgan fingerprint density at radius 3 is 2.29 bits per heavy atom. The SMILES string of the molecule is Cc1ccc(S(=O)(=O)N2CC(C)C(CC(F)(F)F)C2)cc1. The minimum Gasteiger partial charge on any atom is -0.207 e. The van der Waals surface area contributed by atoms with Crippen LogP contribution in [0.15, 0.2) is 29.2 Å². The van der Waals surface area contributed by atoms with E-state index < -0.39 is 28.5 Å². The van der Waals surface area contributed by atoms with Crippen molar-refractivity contribution in [1.82, 2.24) is 4.31 Å². The van der Waals surface area contributed by atoms with Gasteiger partial charge < -0.3 is 0 Å². The largest absolute Gasteiger partial charge is 0.389 e. The minimum atomic E-state index is -4.26. The van der Waals surface area contributed by atoms with Crippen molar-refractivity contribution >= 4 is 10.0 Å². The van der Waals surface area contributed by atoms with Crippen LogP contribution in [0.25, 0.3) is 0 Å². The predicted molar refractivity (Wildman–Crippen MR) is 73.3 cm³/mol. The second kappa shape index (κ2) is 5.61. The summed E-state index contributed by atoms with van der Waals surface area (Å²) in [7, 11) is -3.71. The Labute approximate surface area is 122 Å². The lowest BCUT2D eigenvalue weighted by molar-refractivity contribution is -0.145. The fourth-order valence-corrected chi connectivity index (χ4v) is 4.20. The normalized spacial score (nSPS) is 24.4. The molecule has 0 spiro atoms. The van der Waals surface area contributed by atoms with Gasteiger partial charge in [0, 0.05) is 19.5 Å². The van der Waals surface area contributed by atoms with Crippen LogP contribution in [0.2, 0.25) is 0 Å². The van der Waals surface area contributed by atoms with Gasteiger partial charge in [0.25, 0.3) is 0 Å². The molecule has 21 heavy (non-hydrogen) atoms. The maximum Gasteiger partial charge on any atom is 0.389 e. The molecule has 2 atom stereocenters. The number of sulfonamides is 1. The molecule has 0 amide bonds. The van der Waals surface area contributed by atoms with Gasteiger partial charge in [-0.1, -0.05) is 24.6 Å². The van der Waals surface area contributed by atoms with E-state index in [1.807, 2.05) is 6.92 Å². The summed E-state index contributed by atoms with van der Waals surface area (Å²) in [6, 6.07) is 6.35. The Morgan fingerprint density at radius 2 is 1.76 bits per heavy atom. The summed E-state index contributed by atoms with van der Waals surface area (Å²) >= 11 is 0. The Bertz CT molecular complexity index is 596. The van der Waals surface area contributed by atoms with E-state index in [1.54, 1.807) is 19.1 Å². The molecule has 0 radical (unpaired) electrons. The first kappa shape index (κ1) is 16.3. The second-order valence-corrected chi connectivity index (χ2v) is 7.63. The van der Waals surface area contributed by atoms with Gasteiger partial charge in [-0.25, -0.2) is 8.42 Å². The average molecular weight is 321 g/mol. The van der Waals surface area contributed by atoms with Gasteiger partial charge in [-0.05, 0) is 30.9 Å². The van der Waals surface area contributed by atoms with Crippen LogP contribution in [0.1, 0.15) is 18.9 Å². The summed E-state index contributed by atoms with van der Waals surface area (Å²) in [5, 5.41) is 0. The molecule has 0 aromatic heterocycles. The third kappa shape index (κ3) is 3.77. The molecular weight excluding hydrogens is 303 g/mol. The van der Waals surface area contributed by atoms with Crippen molar-refractivity contribution in [1.29, 1.82) is 0 Å². The maximum absolute atomic E-state index is 12.5. The minimum absolute atomic E-state index is 0.0725. The highest BCUT2D eigenvalue weighted by Gasteiger charge is 2.42. The Hall–Kier alpha value is -1.08. The second-order valence-electron chi connectivity index (χ2n) is 5.69. The number of hydrogen-bond acceptors (Lipinski definition) is 2. The van der Waals surface area contributed by atoms with Crippen LogP contribution < -0.4 is 0 Å². The standard InChI is InChI=1S/C14H18F3NO2S/c1-10-3-5-13(6-4-10)21(19,20)18-8-11(2)12(9-18)7-14(15,16)17/h3-6,11-12H,7-9H2,1-2H3. The van der Waals surface area contributed by atoms with Crippen molar-refractivity contribution in [3.63, 3.8) is 0 Å². The van der Waals surface area contributed by atoms with Crippen LogP contribution in [0, 0.1) is 18.8 Å². The van der Waals surface area contributed by atoms with E-state index in [0.717, 1.165) is 5.56 Å². The quantitative estimate of drug-likeness (QED) is 0.857. The number of benzene rings is 1.